The molecule has 2 aromatic carbocycles. The molecule has 2 aliphatic heterocycles. The lowest BCUT2D eigenvalue weighted by atomic mass is 10.0. The zero-order valence-electron chi connectivity index (χ0n) is 16.3. The molecule has 2 amide bonds. The third kappa shape index (κ3) is 3.48. The Hall–Kier alpha value is -3.45. The number of ether oxygens (including phenoxy) is 2. The normalized spacial score (nSPS) is 16.3. The SMILES string of the molecule is CCOC(=O)C1=C2Oc3ccc(Cl)cc3N2C(=O)C(=NC(=O)c2ccc(C)cc2)C1. The van der Waals surface area contributed by atoms with Crippen LogP contribution < -0.4 is 9.64 Å². The number of hydrogen-bond donors (Lipinski definition) is 0. The van der Waals surface area contributed by atoms with Crippen LogP contribution in [0.5, 0.6) is 5.75 Å². The molecule has 0 bridgehead atoms. The third-order valence-corrected chi connectivity index (χ3v) is 4.92. The highest BCUT2D eigenvalue weighted by atomic mass is 35.5. The van der Waals surface area contributed by atoms with Gasteiger partial charge in [0.2, 0.25) is 5.88 Å². The van der Waals surface area contributed by atoms with Crippen molar-refractivity contribution in [3.05, 3.63) is 70.1 Å². The van der Waals surface area contributed by atoms with Crippen LogP contribution in [0, 0.1) is 6.92 Å². The average molecular weight is 425 g/mol. The fourth-order valence-corrected chi connectivity index (χ4v) is 3.37. The van der Waals surface area contributed by atoms with Crippen molar-refractivity contribution in [2.45, 2.75) is 20.3 Å². The first kappa shape index (κ1) is 19.8. The van der Waals surface area contributed by atoms with Gasteiger partial charge in [0.05, 0.1) is 12.3 Å². The van der Waals surface area contributed by atoms with Gasteiger partial charge in [0.25, 0.3) is 11.8 Å². The van der Waals surface area contributed by atoms with Crippen molar-refractivity contribution in [2.75, 3.05) is 11.5 Å². The maximum Gasteiger partial charge on any atom is 0.339 e. The summed E-state index contributed by atoms with van der Waals surface area (Å²) in [5.41, 5.74) is 1.74. The van der Waals surface area contributed by atoms with E-state index in [2.05, 4.69) is 4.99 Å². The summed E-state index contributed by atoms with van der Waals surface area (Å²) in [5, 5.41) is 0.392. The summed E-state index contributed by atoms with van der Waals surface area (Å²) in [7, 11) is 0. The van der Waals surface area contributed by atoms with Gasteiger partial charge < -0.3 is 9.47 Å². The smallest absolute Gasteiger partial charge is 0.339 e. The molecule has 2 aliphatic rings. The van der Waals surface area contributed by atoms with Crippen LogP contribution in [-0.2, 0) is 14.3 Å². The summed E-state index contributed by atoms with van der Waals surface area (Å²) >= 11 is 6.08. The lowest BCUT2D eigenvalue weighted by Gasteiger charge is -2.24. The Morgan fingerprint density at radius 3 is 2.63 bits per heavy atom. The Morgan fingerprint density at radius 1 is 1.20 bits per heavy atom. The molecule has 152 valence electrons. The van der Waals surface area contributed by atoms with E-state index in [4.69, 9.17) is 21.1 Å². The number of anilines is 1. The number of rotatable bonds is 3. The van der Waals surface area contributed by atoms with Gasteiger partial charge >= 0.3 is 5.97 Å². The molecule has 4 rings (SSSR count). The highest BCUT2D eigenvalue weighted by molar-refractivity contribution is 6.48. The number of carbonyl (C=O) groups excluding carboxylic acids is 3. The van der Waals surface area contributed by atoms with Crippen molar-refractivity contribution in [2.24, 2.45) is 4.99 Å². The number of carbonyl (C=O) groups is 3. The van der Waals surface area contributed by atoms with Gasteiger partial charge in [-0.1, -0.05) is 29.3 Å². The number of esters is 1. The number of halogens is 1. The molecule has 0 saturated carbocycles. The number of amides is 2. The summed E-state index contributed by atoms with van der Waals surface area (Å²) in [6.07, 6.45) is -0.178. The van der Waals surface area contributed by atoms with Crippen molar-refractivity contribution in [1.82, 2.24) is 0 Å². The molecule has 8 heteroatoms. The van der Waals surface area contributed by atoms with Gasteiger partial charge in [-0.15, -0.1) is 0 Å². The lowest BCUT2D eigenvalue weighted by Crippen LogP contribution is -2.41. The van der Waals surface area contributed by atoms with E-state index in [-0.39, 0.29) is 30.2 Å². The first-order valence-corrected chi connectivity index (χ1v) is 9.67. The molecule has 0 spiro atoms. The van der Waals surface area contributed by atoms with E-state index in [1.807, 2.05) is 6.92 Å². The number of benzene rings is 2. The van der Waals surface area contributed by atoms with Crippen LogP contribution in [0.25, 0.3) is 0 Å². The van der Waals surface area contributed by atoms with Gasteiger partial charge in [0.15, 0.2) is 5.75 Å². The quantitative estimate of drug-likeness (QED) is 0.699. The average Bonchev–Trinajstić information content (AvgIpc) is 3.09. The van der Waals surface area contributed by atoms with Crippen molar-refractivity contribution in [3.8, 4) is 5.75 Å². The Balaban J connectivity index is 1.78. The van der Waals surface area contributed by atoms with Crippen LogP contribution in [0.4, 0.5) is 5.69 Å². The molecule has 2 heterocycles. The molecule has 0 aliphatic carbocycles. The second-order valence-corrected chi connectivity index (χ2v) is 7.20. The third-order valence-electron chi connectivity index (χ3n) is 4.68. The van der Waals surface area contributed by atoms with E-state index in [0.29, 0.717) is 22.0 Å². The predicted molar refractivity (Wildman–Crippen MR) is 111 cm³/mol. The van der Waals surface area contributed by atoms with Crippen LogP contribution in [0.15, 0.2) is 58.9 Å². The fraction of sp³-hybridized carbons (Fsp3) is 0.182. The predicted octanol–water partition coefficient (Wildman–Crippen LogP) is 3.83. The Morgan fingerprint density at radius 2 is 1.93 bits per heavy atom. The highest BCUT2D eigenvalue weighted by Crippen LogP contribution is 2.44. The van der Waals surface area contributed by atoms with Gasteiger partial charge in [-0.2, -0.15) is 0 Å². The number of fused-ring (bicyclic) bond motifs is 3. The topological polar surface area (TPSA) is 85.3 Å². The van der Waals surface area contributed by atoms with E-state index in [0.717, 1.165) is 5.56 Å². The molecular formula is C22H17ClN2O5. The van der Waals surface area contributed by atoms with Crippen LogP contribution in [0.2, 0.25) is 5.02 Å². The Labute approximate surface area is 177 Å². The molecule has 0 radical (unpaired) electrons. The molecule has 0 aromatic heterocycles. The number of nitrogens with zero attached hydrogens (tertiary/aromatic N) is 2. The van der Waals surface area contributed by atoms with E-state index in [1.165, 1.54) is 4.90 Å². The molecule has 0 saturated heterocycles. The highest BCUT2D eigenvalue weighted by Gasteiger charge is 2.43. The van der Waals surface area contributed by atoms with Gasteiger partial charge in [-0.25, -0.2) is 14.7 Å². The maximum absolute atomic E-state index is 13.2. The molecule has 0 fully saturated rings. The summed E-state index contributed by atoms with van der Waals surface area (Å²) in [6.45, 7) is 3.73. The molecule has 0 unspecified atom stereocenters. The lowest BCUT2D eigenvalue weighted by molar-refractivity contribution is -0.138. The monoisotopic (exact) mass is 424 g/mol. The summed E-state index contributed by atoms with van der Waals surface area (Å²) < 4.78 is 10.9. The van der Waals surface area contributed by atoms with E-state index < -0.39 is 17.8 Å². The number of aliphatic imine (C=N–C) groups is 1. The van der Waals surface area contributed by atoms with Gasteiger partial charge in [0.1, 0.15) is 11.3 Å². The summed E-state index contributed by atoms with van der Waals surface area (Å²) in [6, 6.07) is 11.6. The fourth-order valence-electron chi connectivity index (χ4n) is 3.20. The first-order chi connectivity index (χ1) is 14.4. The zero-order chi connectivity index (χ0) is 21.4. The van der Waals surface area contributed by atoms with Crippen LogP contribution in [0.3, 0.4) is 0 Å². The molecular weight excluding hydrogens is 408 g/mol. The van der Waals surface area contributed by atoms with Crippen molar-refractivity contribution >= 4 is 40.8 Å². The minimum absolute atomic E-state index is 0.0532. The van der Waals surface area contributed by atoms with Crippen molar-refractivity contribution in [3.63, 3.8) is 0 Å². The van der Waals surface area contributed by atoms with Crippen molar-refractivity contribution < 1.29 is 23.9 Å². The molecule has 2 aromatic rings. The second kappa shape index (κ2) is 7.76. The minimum atomic E-state index is -0.639. The standard InChI is InChI=1S/C22H17ClN2O5/c1-3-29-22(28)15-11-16(24-19(26)13-6-4-12(2)5-7-13)20(27)25-17-10-14(23)8-9-18(17)30-21(15)25/h4-10H,3,11H2,1-2H3. The first-order valence-electron chi connectivity index (χ1n) is 9.29. The number of hydrogen-bond acceptors (Lipinski definition) is 5. The van der Waals surface area contributed by atoms with Gasteiger partial charge in [-0.05, 0) is 44.2 Å². The van der Waals surface area contributed by atoms with E-state index in [1.54, 1.807) is 49.4 Å². The van der Waals surface area contributed by atoms with E-state index >= 15 is 0 Å². The van der Waals surface area contributed by atoms with Crippen LogP contribution in [-0.4, -0.2) is 30.1 Å². The van der Waals surface area contributed by atoms with Crippen molar-refractivity contribution in [1.29, 1.82) is 0 Å². The maximum atomic E-state index is 13.2. The second-order valence-electron chi connectivity index (χ2n) is 6.77. The van der Waals surface area contributed by atoms with Gasteiger partial charge in [0, 0.05) is 17.0 Å². The van der Waals surface area contributed by atoms with Gasteiger partial charge in [-0.3, -0.25) is 9.59 Å². The molecule has 30 heavy (non-hydrogen) atoms. The largest absolute Gasteiger partial charge is 0.462 e. The molecule has 0 atom stereocenters. The number of aryl methyl sites for hydroxylation is 1. The molecule has 7 nitrogen and oxygen atoms in total. The van der Waals surface area contributed by atoms with Crippen LogP contribution in [0.1, 0.15) is 29.3 Å². The van der Waals surface area contributed by atoms with Crippen LogP contribution >= 0.6 is 11.6 Å². The summed E-state index contributed by atoms with van der Waals surface area (Å²) in [5.74, 6) is -1.34. The Kier molecular flexibility index (Phi) is 5.13. The minimum Gasteiger partial charge on any atom is -0.462 e. The summed E-state index contributed by atoms with van der Waals surface area (Å²) in [4.78, 5) is 43.6. The Bertz CT molecular complexity index is 1130. The molecule has 0 N–H and O–H groups in total. The van der Waals surface area contributed by atoms with E-state index in [9.17, 15) is 14.4 Å². The zero-order valence-corrected chi connectivity index (χ0v) is 17.0.